The predicted octanol–water partition coefficient (Wildman–Crippen LogP) is 4.75. The molecule has 0 unspecified atom stereocenters. The van der Waals surface area contributed by atoms with Gasteiger partial charge in [-0.1, -0.05) is 12.1 Å². The van der Waals surface area contributed by atoms with Gasteiger partial charge in [0.25, 0.3) is 5.91 Å². The van der Waals surface area contributed by atoms with E-state index in [2.05, 4.69) is 25.6 Å². The number of benzene rings is 1. The van der Waals surface area contributed by atoms with Gasteiger partial charge >= 0.3 is 0 Å². The molecule has 5 rings (SSSR count). The molecule has 170 valence electrons. The Morgan fingerprint density at radius 2 is 1.97 bits per heavy atom. The molecule has 4 N–H and O–H groups in total. The fourth-order valence-electron chi connectivity index (χ4n) is 3.56. The van der Waals surface area contributed by atoms with E-state index in [9.17, 15) is 4.79 Å². The van der Waals surface area contributed by atoms with Crippen LogP contribution in [0.4, 0.5) is 22.3 Å². The number of anilines is 4. The Labute approximate surface area is 199 Å². The lowest BCUT2D eigenvalue weighted by atomic mass is 10.2. The first-order valence-corrected chi connectivity index (χ1v) is 11.2. The first kappa shape index (κ1) is 21.4. The number of nitrogens with two attached hydrogens (primary N) is 1. The Kier molecular flexibility index (Phi) is 5.56. The molecular formula is C24H21N7O2S. The van der Waals surface area contributed by atoms with Crippen molar-refractivity contribution in [2.45, 2.75) is 6.92 Å². The summed E-state index contributed by atoms with van der Waals surface area (Å²) in [4.78, 5) is 26.8. The number of rotatable bonds is 6. The van der Waals surface area contributed by atoms with Crippen LogP contribution in [-0.2, 0) is 0 Å². The molecule has 4 aromatic heterocycles. The van der Waals surface area contributed by atoms with Gasteiger partial charge in [0, 0.05) is 18.5 Å². The van der Waals surface area contributed by atoms with Gasteiger partial charge in [-0.3, -0.25) is 9.20 Å². The summed E-state index contributed by atoms with van der Waals surface area (Å²) in [5.41, 5.74) is 10.2. The van der Waals surface area contributed by atoms with Crippen LogP contribution < -0.4 is 21.1 Å². The number of ether oxygens (including phenoxy) is 1. The van der Waals surface area contributed by atoms with Gasteiger partial charge in [-0.2, -0.15) is 0 Å². The summed E-state index contributed by atoms with van der Waals surface area (Å²) in [5, 5.41) is 6.75. The molecule has 5 aromatic rings. The Morgan fingerprint density at radius 3 is 2.79 bits per heavy atom. The van der Waals surface area contributed by atoms with Crippen LogP contribution in [0.1, 0.15) is 15.4 Å². The lowest BCUT2D eigenvalue weighted by Gasteiger charge is -2.07. The van der Waals surface area contributed by atoms with Crippen LogP contribution in [0, 0.1) is 6.92 Å². The van der Waals surface area contributed by atoms with E-state index in [4.69, 9.17) is 10.5 Å². The van der Waals surface area contributed by atoms with E-state index < -0.39 is 0 Å². The van der Waals surface area contributed by atoms with Crippen molar-refractivity contribution in [3.8, 4) is 17.1 Å². The number of amides is 1. The largest absolute Gasteiger partial charge is 0.497 e. The molecule has 0 bridgehead atoms. The monoisotopic (exact) mass is 471 g/mol. The number of aryl methyl sites for hydroxylation is 1. The quantitative estimate of drug-likeness (QED) is 0.306. The first-order valence-electron chi connectivity index (χ1n) is 10.4. The maximum atomic E-state index is 12.6. The van der Waals surface area contributed by atoms with Crippen LogP contribution in [0.3, 0.4) is 0 Å². The molecule has 10 heteroatoms. The highest BCUT2D eigenvalue weighted by Gasteiger charge is 2.15. The molecule has 0 atom stereocenters. The van der Waals surface area contributed by atoms with Gasteiger partial charge in [0.2, 0.25) is 5.95 Å². The number of nitrogens with zero attached hydrogens (tertiary/aromatic N) is 4. The molecule has 0 saturated carbocycles. The fourth-order valence-corrected chi connectivity index (χ4v) is 4.36. The maximum absolute atomic E-state index is 12.6. The van der Waals surface area contributed by atoms with Crippen LogP contribution >= 0.6 is 11.3 Å². The van der Waals surface area contributed by atoms with Crippen LogP contribution in [0.25, 0.3) is 17.0 Å². The Balaban J connectivity index is 1.37. The number of methoxy groups -OCH3 is 1. The average molecular weight is 472 g/mol. The second kappa shape index (κ2) is 8.83. The van der Waals surface area contributed by atoms with E-state index in [0.717, 1.165) is 33.5 Å². The topological polar surface area (TPSA) is 119 Å². The summed E-state index contributed by atoms with van der Waals surface area (Å²) in [5.74, 6) is 0.922. The number of nitrogens with one attached hydrogen (secondary N) is 2. The Bertz CT molecular complexity index is 1510. The fraction of sp³-hybridized carbons (Fsp3) is 0.0833. The number of thiophene rings is 1. The van der Waals surface area contributed by atoms with Gasteiger partial charge in [0.15, 0.2) is 0 Å². The molecule has 9 nitrogen and oxygen atoms in total. The van der Waals surface area contributed by atoms with Gasteiger partial charge in [-0.05, 0) is 43.3 Å². The smallest absolute Gasteiger partial charge is 0.265 e. The molecule has 0 fully saturated rings. The van der Waals surface area contributed by atoms with Crippen LogP contribution in [0.5, 0.6) is 5.75 Å². The highest BCUT2D eigenvalue weighted by atomic mass is 32.1. The van der Waals surface area contributed by atoms with Crippen molar-refractivity contribution in [2.24, 2.45) is 0 Å². The third-order valence-electron chi connectivity index (χ3n) is 5.18. The average Bonchev–Trinajstić information content (AvgIpc) is 3.43. The SMILES string of the molecule is COc1ccn2c(-c3ccnc(Nc4ccc(C(=O)Nc5ccccc5N)s4)n3)c(C)nc2c1. The van der Waals surface area contributed by atoms with Gasteiger partial charge < -0.3 is 21.1 Å². The summed E-state index contributed by atoms with van der Waals surface area (Å²) in [6.45, 7) is 1.94. The van der Waals surface area contributed by atoms with Gasteiger partial charge in [0.05, 0.1) is 45.4 Å². The number of hydrogen-bond donors (Lipinski definition) is 3. The second-order valence-corrected chi connectivity index (χ2v) is 8.52. The van der Waals surface area contributed by atoms with Crippen molar-refractivity contribution in [2.75, 3.05) is 23.5 Å². The number of carbonyl (C=O) groups excluding carboxylic acids is 1. The molecule has 0 radical (unpaired) electrons. The molecule has 34 heavy (non-hydrogen) atoms. The Morgan fingerprint density at radius 1 is 1.12 bits per heavy atom. The van der Waals surface area contributed by atoms with Crippen LogP contribution in [-0.4, -0.2) is 32.4 Å². The Hall–Kier alpha value is -4.44. The predicted molar refractivity (Wildman–Crippen MR) is 134 cm³/mol. The summed E-state index contributed by atoms with van der Waals surface area (Å²) in [6.07, 6.45) is 3.59. The highest BCUT2D eigenvalue weighted by molar-refractivity contribution is 7.18. The molecule has 4 heterocycles. The highest BCUT2D eigenvalue weighted by Crippen LogP contribution is 2.29. The van der Waals surface area contributed by atoms with Crippen molar-refractivity contribution in [1.29, 1.82) is 0 Å². The zero-order valence-corrected chi connectivity index (χ0v) is 19.3. The first-order chi connectivity index (χ1) is 16.5. The third-order valence-corrected chi connectivity index (χ3v) is 6.18. The normalized spacial score (nSPS) is 10.9. The number of pyridine rings is 1. The van der Waals surface area contributed by atoms with E-state index in [1.165, 1.54) is 11.3 Å². The molecule has 1 aromatic carbocycles. The minimum atomic E-state index is -0.234. The van der Waals surface area contributed by atoms with E-state index in [1.807, 2.05) is 53.9 Å². The van der Waals surface area contributed by atoms with Crippen molar-refractivity contribution in [3.63, 3.8) is 0 Å². The lowest BCUT2D eigenvalue weighted by Crippen LogP contribution is -2.11. The van der Waals surface area contributed by atoms with E-state index in [0.29, 0.717) is 22.2 Å². The molecule has 1 amide bonds. The van der Waals surface area contributed by atoms with Crippen molar-refractivity contribution in [1.82, 2.24) is 19.4 Å². The van der Waals surface area contributed by atoms with Crippen molar-refractivity contribution in [3.05, 3.63) is 77.6 Å². The third kappa shape index (κ3) is 4.14. The van der Waals surface area contributed by atoms with E-state index in [1.54, 1.807) is 31.5 Å². The van der Waals surface area contributed by atoms with Gasteiger partial charge in [-0.15, -0.1) is 11.3 Å². The number of carbonyl (C=O) groups is 1. The number of aromatic nitrogens is 4. The number of nitrogen functional groups attached to an aromatic ring is 1. The minimum absolute atomic E-state index is 0.234. The van der Waals surface area contributed by atoms with E-state index in [-0.39, 0.29) is 5.91 Å². The number of imidazole rings is 1. The van der Waals surface area contributed by atoms with Crippen molar-refractivity contribution >= 4 is 45.2 Å². The zero-order chi connectivity index (χ0) is 23.7. The minimum Gasteiger partial charge on any atom is -0.497 e. The lowest BCUT2D eigenvalue weighted by molar-refractivity contribution is 0.103. The maximum Gasteiger partial charge on any atom is 0.265 e. The summed E-state index contributed by atoms with van der Waals surface area (Å²) < 4.78 is 7.26. The molecule has 0 aliphatic rings. The van der Waals surface area contributed by atoms with Crippen molar-refractivity contribution < 1.29 is 9.53 Å². The van der Waals surface area contributed by atoms with Gasteiger partial charge in [-0.25, -0.2) is 15.0 Å². The number of para-hydroxylation sites is 2. The molecule has 0 spiro atoms. The standard InChI is InChI=1S/C24H21N7O2S/c1-14-22(31-12-10-15(33-2)13-20(31)27-14)18-9-11-26-24(29-18)30-21-8-7-19(34-21)23(32)28-17-6-4-3-5-16(17)25/h3-13H,25H2,1-2H3,(H,28,32)(H,26,29,30). The van der Waals surface area contributed by atoms with Gasteiger partial charge in [0.1, 0.15) is 11.4 Å². The van der Waals surface area contributed by atoms with Crippen LogP contribution in [0.15, 0.2) is 67.0 Å². The molecule has 0 aliphatic heterocycles. The number of fused-ring (bicyclic) bond motifs is 1. The van der Waals surface area contributed by atoms with Crippen LogP contribution in [0.2, 0.25) is 0 Å². The second-order valence-electron chi connectivity index (χ2n) is 7.44. The summed E-state index contributed by atoms with van der Waals surface area (Å²) >= 11 is 1.30. The number of hydrogen-bond acceptors (Lipinski definition) is 8. The summed E-state index contributed by atoms with van der Waals surface area (Å²) in [7, 11) is 1.63. The molecular weight excluding hydrogens is 450 g/mol. The molecule has 0 saturated heterocycles. The summed E-state index contributed by atoms with van der Waals surface area (Å²) in [6, 6.07) is 16.3. The zero-order valence-electron chi connectivity index (χ0n) is 18.4. The molecule has 0 aliphatic carbocycles. The van der Waals surface area contributed by atoms with E-state index >= 15 is 0 Å².